The number of hydrogen-bond donors (Lipinski definition) is 1. The fourth-order valence-corrected chi connectivity index (χ4v) is 2.06. The number of piperazine rings is 1. The van der Waals surface area contributed by atoms with Crippen LogP contribution in [0.25, 0.3) is 0 Å². The highest BCUT2D eigenvalue weighted by atomic mass is 19.3. The first-order valence-electron chi connectivity index (χ1n) is 5.68. The Morgan fingerprint density at radius 1 is 1.29 bits per heavy atom. The Labute approximate surface area is 99.4 Å². The summed E-state index contributed by atoms with van der Waals surface area (Å²) in [5.74, 6) is 0.219. The van der Waals surface area contributed by atoms with Crippen molar-refractivity contribution in [3.8, 4) is 5.75 Å². The molecule has 0 atom stereocenters. The van der Waals surface area contributed by atoms with E-state index in [0.29, 0.717) is 0 Å². The van der Waals surface area contributed by atoms with Crippen LogP contribution in [0.15, 0.2) is 18.2 Å². The van der Waals surface area contributed by atoms with Crippen molar-refractivity contribution in [3.05, 3.63) is 23.8 Å². The van der Waals surface area contributed by atoms with Crippen molar-refractivity contribution < 1.29 is 13.5 Å². The van der Waals surface area contributed by atoms with Gasteiger partial charge in [-0.15, -0.1) is 0 Å². The largest absolute Gasteiger partial charge is 0.435 e. The Bertz CT molecular complexity index is 379. The molecular formula is C12H16F2N2O. The van der Waals surface area contributed by atoms with Gasteiger partial charge in [0, 0.05) is 31.9 Å². The predicted molar refractivity (Wildman–Crippen MR) is 62.9 cm³/mol. The molecule has 17 heavy (non-hydrogen) atoms. The molecule has 5 heteroatoms. The van der Waals surface area contributed by atoms with E-state index < -0.39 is 6.61 Å². The van der Waals surface area contributed by atoms with Crippen molar-refractivity contribution in [1.29, 1.82) is 0 Å². The molecule has 1 aliphatic heterocycles. The standard InChI is InChI=1S/C12H16F2N2O/c1-9-8-10(17-12(13)14)2-3-11(9)16-6-4-15-5-7-16/h2-3,8,12,15H,4-7H2,1H3. The van der Waals surface area contributed by atoms with Gasteiger partial charge in [0.2, 0.25) is 0 Å². The second-order valence-electron chi connectivity index (χ2n) is 4.06. The van der Waals surface area contributed by atoms with Gasteiger partial charge in [-0.2, -0.15) is 8.78 Å². The monoisotopic (exact) mass is 242 g/mol. The average Bonchev–Trinajstić information content (AvgIpc) is 2.29. The van der Waals surface area contributed by atoms with Crippen LogP contribution in [0, 0.1) is 6.92 Å². The zero-order chi connectivity index (χ0) is 12.3. The summed E-state index contributed by atoms with van der Waals surface area (Å²) in [5.41, 5.74) is 2.05. The van der Waals surface area contributed by atoms with Crippen LogP contribution in [0.4, 0.5) is 14.5 Å². The second kappa shape index (κ2) is 5.31. The first-order chi connectivity index (χ1) is 8.16. The lowest BCUT2D eigenvalue weighted by molar-refractivity contribution is -0.0498. The van der Waals surface area contributed by atoms with Gasteiger partial charge >= 0.3 is 6.61 Å². The van der Waals surface area contributed by atoms with Crippen molar-refractivity contribution in [2.75, 3.05) is 31.1 Å². The van der Waals surface area contributed by atoms with Crippen LogP contribution in [0.3, 0.4) is 0 Å². The van der Waals surface area contributed by atoms with Gasteiger partial charge < -0.3 is 15.0 Å². The summed E-state index contributed by atoms with van der Waals surface area (Å²) in [7, 11) is 0. The lowest BCUT2D eigenvalue weighted by Gasteiger charge is -2.30. The quantitative estimate of drug-likeness (QED) is 0.877. The van der Waals surface area contributed by atoms with Crippen molar-refractivity contribution in [2.24, 2.45) is 0 Å². The number of nitrogens with zero attached hydrogens (tertiary/aromatic N) is 1. The fourth-order valence-electron chi connectivity index (χ4n) is 2.06. The number of anilines is 1. The lowest BCUT2D eigenvalue weighted by Crippen LogP contribution is -2.43. The highest BCUT2D eigenvalue weighted by Gasteiger charge is 2.13. The molecule has 0 bridgehead atoms. The number of aryl methyl sites for hydroxylation is 1. The maximum absolute atomic E-state index is 12.1. The van der Waals surface area contributed by atoms with Crippen molar-refractivity contribution in [3.63, 3.8) is 0 Å². The number of hydrogen-bond acceptors (Lipinski definition) is 3. The zero-order valence-corrected chi connectivity index (χ0v) is 9.75. The number of benzene rings is 1. The molecule has 94 valence electrons. The van der Waals surface area contributed by atoms with Crippen LogP contribution in [0.1, 0.15) is 5.56 Å². The van der Waals surface area contributed by atoms with Gasteiger partial charge in [-0.25, -0.2) is 0 Å². The Kier molecular flexibility index (Phi) is 3.78. The van der Waals surface area contributed by atoms with Gasteiger partial charge in [0.1, 0.15) is 5.75 Å². The van der Waals surface area contributed by atoms with Gasteiger partial charge in [0.25, 0.3) is 0 Å². The van der Waals surface area contributed by atoms with Gasteiger partial charge in [0.15, 0.2) is 0 Å². The van der Waals surface area contributed by atoms with E-state index in [0.717, 1.165) is 37.4 Å². The predicted octanol–water partition coefficient (Wildman–Crippen LogP) is 2.01. The third-order valence-electron chi connectivity index (χ3n) is 2.85. The first kappa shape index (κ1) is 12.1. The molecule has 1 fully saturated rings. The van der Waals surface area contributed by atoms with E-state index in [9.17, 15) is 8.78 Å². The molecule has 1 aliphatic rings. The van der Waals surface area contributed by atoms with E-state index in [1.807, 2.05) is 13.0 Å². The van der Waals surface area contributed by atoms with Crippen LogP contribution in [0.5, 0.6) is 5.75 Å². The molecule has 0 aromatic heterocycles. The van der Waals surface area contributed by atoms with E-state index in [1.54, 1.807) is 12.1 Å². The van der Waals surface area contributed by atoms with Crippen molar-refractivity contribution >= 4 is 5.69 Å². The van der Waals surface area contributed by atoms with Crippen LogP contribution >= 0.6 is 0 Å². The third-order valence-corrected chi connectivity index (χ3v) is 2.85. The molecule has 0 amide bonds. The van der Waals surface area contributed by atoms with Crippen molar-refractivity contribution in [2.45, 2.75) is 13.5 Å². The molecular weight excluding hydrogens is 226 g/mol. The summed E-state index contributed by atoms with van der Waals surface area (Å²) in [6.45, 7) is 2.93. The summed E-state index contributed by atoms with van der Waals surface area (Å²) in [5, 5.41) is 3.28. The molecule has 0 unspecified atom stereocenters. The Morgan fingerprint density at radius 2 is 2.00 bits per heavy atom. The summed E-state index contributed by atoms with van der Waals surface area (Å²) in [4.78, 5) is 2.25. The molecule has 1 aromatic rings. The lowest BCUT2D eigenvalue weighted by atomic mass is 10.1. The maximum Gasteiger partial charge on any atom is 0.387 e. The number of halogens is 2. The maximum atomic E-state index is 12.1. The topological polar surface area (TPSA) is 24.5 Å². The molecule has 0 aliphatic carbocycles. The van der Waals surface area contributed by atoms with Gasteiger partial charge in [-0.05, 0) is 30.7 Å². The van der Waals surface area contributed by atoms with E-state index in [2.05, 4.69) is 15.0 Å². The van der Waals surface area contributed by atoms with Gasteiger partial charge in [-0.3, -0.25) is 0 Å². The molecule has 1 N–H and O–H groups in total. The van der Waals surface area contributed by atoms with Crippen LogP contribution < -0.4 is 15.0 Å². The molecule has 0 radical (unpaired) electrons. The Balaban J connectivity index is 2.13. The number of ether oxygens (including phenoxy) is 1. The Hall–Kier alpha value is -1.36. The summed E-state index contributed by atoms with van der Waals surface area (Å²) in [6.07, 6.45) is 0. The van der Waals surface area contributed by atoms with Crippen LogP contribution in [-0.2, 0) is 0 Å². The molecule has 1 heterocycles. The molecule has 2 rings (SSSR count). The Morgan fingerprint density at radius 3 is 2.59 bits per heavy atom. The minimum Gasteiger partial charge on any atom is -0.435 e. The summed E-state index contributed by atoms with van der Waals surface area (Å²) < 4.78 is 28.5. The zero-order valence-electron chi connectivity index (χ0n) is 9.75. The minimum atomic E-state index is -2.76. The number of alkyl halides is 2. The van der Waals surface area contributed by atoms with E-state index >= 15 is 0 Å². The number of rotatable bonds is 3. The molecule has 0 spiro atoms. The summed E-state index contributed by atoms with van der Waals surface area (Å²) in [6, 6.07) is 5.10. The fraction of sp³-hybridized carbons (Fsp3) is 0.500. The molecule has 3 nitrogen and oxygen atoms in total. The molecule has 1 aromatic carbocycles. The van der Waals surface area contributed by atoms with Crippen LogP contribution in [-0.4, -0.2) is 32.8 Å². The first-order valence-corrected chi connectivity index (χ1v) is 5.68. The van der Waals surface area contributed by atoms with Gasteiger partial charge in [-0.1, -0.05) is 0 Å². The normalized spacial score (nSPS) is 16.4. The SMILES string of the molecule is Cc1cc(OC(F)F)ccc1N1CCNCC1. The average molecular weight is 242 g/mol. The second-order valence-corrected chi connectivity index (χ2v) is 4.06. The van der Waals surface area contributed by atoms with Crippen molar-refractivity contribution in [1.82, 2.24) is 5.32 Å². The van der Waals surface area contributed by atoms with E-state index in [4.69, 9.17) is 0 Å². The smallest absolute Gasteiger partial charge is 0.387 e. The van der Waals surface area contributed by atoms with Gasteiger partial charge in [0.05, 0.1) is 0 Å². The summed E-state index contributed by atoms with van der Waals surface area (Å²) >= 11 is 0. The number of nitrogens with one attached hydrogen (secondary N) is 1. The van der Waals surface area contributed by atoms with Crippen LogP contribution in [0.2, 0.25) is 0 Å². The molecule has 1 saturated heterocycles. The highest BCUT2D eigenvalue weighted by Crippen LogP contribution is 2.25. The van der Waals surface area contributed by atoms with E-state index in [1.165, 1.54) is 0 Å². The highest BCUT2D eigenvalue weighted by molar-refractivity contribution is 5.56. The third kappa shape index (κ3) is 3.06. The van der Waals surface area contributed by atoms with E-state index in [-0.39, 0.29) is 5.75 Å². The molecule has 0 saturated carbocycles. The minimum absolute atomic E-state index is 0.219.